The third-order valence-electron chi connectivity index (χ3n) is 3.48. The second-order valence-electron chi connectivity index (χ2n) is 4.88. The molecule has 0 radical (unpaired) electrons. The summed E-state index contributed by atoms with van der Waals surface area (Å²) in [6, 6.07) is 18.4. The number of benzene rings is 2. The zero-order valence-corrected chi connectivity index (χ0v) is 11.4. The van der Waals surface area contributed by atoms with Crippen molar-refractivity contribution in [3.05, 3.63) is 66.4 Å². The van der Waals surface area contributed by atoms with Crippen molar-refractivity contribution in [1.82, 2.24) is 4.98 Å². The van der Waals surface area contributed by atoms with E-state index in [-0.39, 0.29) is 6.04 Å². The molecule has 3 heteroatoms. The van der Waals surface area contributed by atoms with Crippen LogP contribution in [0.1, 0.15) is 18.5 Å². The summed E-state index contributed by atoms with van der Waals surface area (Å²) < 4.78 is 0. The highest BCUT2D eigenvalue weighted by atomic mass is 15.0. The quantitative estimate of drug-likeness (QED) is 0.702. The van der Waals surface area contributed by atoms with Gasteiger partial charge in [-0.05, 0) is 30.0 Å². The summed E-state index contributed by atoms with van der Waals surface area (Å²) in [7, 11) is 0. The smallest absolute Gasteiger partial charge is 0.136 e. The fourth-order valence-corrected chi connectivity index (χ4v) is 2.40. The van der Waals surface area contributed by atoms with E-state index in [9.17, 15) is 0 Å². The molecule has 100 valence electrons. The Bertz CT molecular complexity index is 717. The monoisotopic (exact) mass is 263 g/mol. The number of hydrogen-bond donors (Lipinski definition) is 2. The molecule has 2 aromatic carbocycles. The maximum Gasteiger partial charge on any atom is 0.136 e. The zero-order valence-electron chi connectivity index (χ0n) is 11.4. The number of nitrogens with two attached hydrogens (primary N) is 1. The van der Waals surface area contributed by atoms with Crippen molar-refractivity contribution >= 4 is 22.3 Å². The lowest BCUT2D eigenvalue weighted by atomic mass is 10.1. The van der Waals surface area contributed by atoms with E-state index < -0.39 is 0 Å². The molecule has 20 heavy (non-hydrogen) atoms. The van der Waals surface area contributed by atoms with Gasteiger partial charge in [0.15, 0.2) is 0 Å². The molecule has 3 aromatic rings. The van der Waals surface area contributed by atoms with E-state index in [2.05, 4.69) is 29.4 Å². The third-order valence-corrected chi connectivity index (χ3v) is 3.48. The van der Waals surface area contributed by atoms with Gasteiger partial charge in [0.2, 0.25) is 0 Å². The maximum absolute atomic E-state index is 6.09. The molecule has 0 saturated carbocycles. The van der Waals surface area contributed by atoms with Crippen LogP contribution < -0.4 is 11.1 Å². The normalized spacial score (nSPS) is 12.2. The van der Waals surface area contributed by atoms with Gasteiger partial charge in [-0.15, -0.1) is 0 Å². The van der Waals surface area contributed by atoms with Gasteiger partial charge in [0, 0.05) is 23.3 Å². The summed E-state index contributed by atoms with van der Waals surface area (Å²) in [6.45, 7) is 2.12. The van der Waals surface area contributed by atoms with Crippen molar-refractivity contribution in [2.24, 2.45) is 0 Å². The Morgan fingerprint density at radius 1 is 1.00 bits per heavy atom. The predicted molar refractivity (Wildman–Crippen MR) is 84.6 cm³/mol. The van der Waals surface area contributed by atoms with Crippen molar-refractivity contribution in [3.8, 4) is 0 Å². The highest BCUT2D eigenvalue weighted by Crippen LogP contribution is 2.29. The summed E-state index contributed by atoms with van der Waals surface area (Å²) in [5.41, 5.74) is 8.06. The summed E-state index contributed by atoms with van der Waals surface area (Å²) in [4.78, 5) is 4.44. The Kier molecular flexibility index (Phi) is 3.25. The molecule has 0 saturated heterocycles. The molecule has 0 amide bonds. The van der Waals surface area contributed by atoms with E-state index in [1.807, 2.05) is 48.7 Å². The summed E-state index contributed by atoms with van der Waals surface area (Å²) in [5, 5.41) is 5.53. The first-order chi connectivity index (χ1) is 9.75. The maximum atomic E-state index is 6.09. The van der Waals surface area contributed by atoms with Crippen molar-refractivity contribution in [2.75, 3.05) is 11.1 Å². The van der Waals surface area contributed by atoms with Crippen LogP contribution in [0.2, 0.25) is 0 Å². The van der Waals surface area contributed by atoms with Crippen molar-refractivity contribution in [3.63, 3.8) is 0 Å². The van der Waals surface area contributed by atoms with Crippen molar-refractivity contribution < 1.29 is 0 Å². The number of nitrogen functional groups attached to an aromatic ring is 1. The molecular weight excluding hydrogens is 246 g/mol. The van der Waals surface area contributed by atoms with E-state index in [1.165, 1.54) is 5.56 Å². The topological polar surface area (TPSA) is 50.9 Å². The van der Waals surface area contributed by atoms with Crippen LogP contribution >= 0.6 is 0 Å². The Morgan fingerprint density at radius 2 is 1.80 bits per heavy atom. The zero-order chi connectivity index (χ0) is 13.9. The number of rotatable bonds is 3. The lowest BCUT2D eigenvalue weighted by Gasteiger charge is -2.17. The van der Waals surface area contributed by atoms with Gasteiger partial charge in [-0.2, -0.15) is 0 Å². The molecule has 3 rings (SSSR count). The molecular formula is C17H17N3. The molecule has 3 N–H and O–H groups in total. The first-order valence-electron chi connectivity index (χ1n) is 6.70. The summed E-state index contributed by atoms with van der Waals surface area (Å²) in [5.74, 6) is 0.831. The van der Waals surface area contributed by atoms with Crippen molar-refractivity contribution in [1.29, 1.82) is 0 Å². The van der Waals surface area contributed by atoms with Crippen LogP contribution in [0.25, 0.3) is 10.8 Å². The minimum Gasteiger partial charge on any atom is -0.398 e. The summed E-state index contributed by atoms with van der Waals surface area (Å²) in [6.07, 6.45) is 1.81. The number of nitrogens with one attached hydrogen (secondary N) is 1. The standard InChI is InChI=1S/C17H17N3/c1-12(13-6-3-2-4-7-13)20-17-16-14(10-11-19-17)8-5-9-15(16)18/h2-12H,18H2,1H3,(H,19,20). The first kappa shape index (κ1) is 12.5. The molecule has 0 aliphatic carbocycles. The van der Waals surface area contributed by atoms with Gasteiger partial charge in [-0.3, -0.25) is 0 Å². The lowest BCUT2D eigenvalue weighted by molar-refractivity contribution is 0.878. The molecule has 0 spiro atoms. The third kappa shape index (κ3) is 2.30. The van der Waals surface area contributed by atoms with Crippen molar-refractivity contribution in [2.45, 2.75) is 13.0 Å². The lowest BCUT2D eigenvalue weighted by Crippen LogP contribution is -2.08. The predicted octanol–water partition coefficient (Wildman–Crippen LogP) is 3.99. The second kappa shape index (κ2) is 5.21. The van der Waals surface area contributed by atoms with Gasteiger partial charge in [0.25, 0.3) is 0 Å². The van der Waals surface area contributed by atoms with E-state index in [0.717, 1.165) is 22.3 Å². The molecule has 1 heterocycles. The van der Waals surface area contributed by atoms with Crippen LogP contribution in [0.5, 0.6) is 0 Å². The fourth-order valence-electron chi connectivity index (χ4n) is 2.40. The Labute approximate surface area is 118 Å². The average Bonchev–Trinajstić information content (AvgIpc) is 2.48. The van der Waals surface area contributed by atoms with E-state index in [1.54, 1.807) is 0 Å². The van der Waals surface area contributed by atoms with Gasteiger partial charge >= 0.3 is 0 Å². The minimum atomic E-state index is 0.175. The molecule has 1 atom stereocenters. The molecule has 1 unspecified atom stereocenters. The number of nitrogens with zero attached hydrogens (tertiary/aromatic N) is 1. The molecule has 1 aromatic heterocycles. The molecule has 0 fully saturated rings. The SMILES string of the molecule is CC(Nc1nccc2cccc(N)c12)c1ccccc1. The van der Waals surface area contributed by atoms with Crippen LogP contribution in [-0.2, 0) is 0 Å². The number of anilines is 2. The number of hydrogen-bond acceptors (Lipinski definition) is 3. The Morgan fingerprint density at radius 3 is 2.60 bits per heavy atom. The van der Waals surface area contributed by atoms with Gasteiger partial charge in [0.05, 0.1) is 0 Å². The number of aromatic nitrogens is 1. The second-order valence-corrected chi connectivity index (χ2v) is 4.88. The molecule has 0 bridgehead atoms. The first-order valence-corrected chi connectivity index (χ1v) is 6.70. The molecule has 0 aliphatic heterocycles. The van der Waals surface area contributed by atoms with Gasteiger partial charge in [-0.25, -0.2) is 4.98 Å². The highest BCUT2D eigenvalue weighted by Gasteiger charge is 2.09. The minimum absolute atomic E-state index is 0.175. The van der Waals surface area contributed by atoms with Crippen LogP contribution in [0.3, 0.4) is 0 Å². The van der Waals surface area contributed by atoms with E-state index >= 15 is 0 Å². The number of pyridine rings is 1. The fraction of sp³-hybridized carbons (Fsp3) is 0.118. The Hall–Kier alpha value is -2.55. The van der Waals surface area contributed by atoms with Crippen LogP contribution in [0.4, 0.5) is 11.5 Å². The number of fused-ring (bicyclic) bond motifs is 1. The van der Waals surface area contributed by atoms with E-state index in [0.29, 0.717) is 0 Å². The van der Waals surface area contributed by atoms with Gasteiger partial charge in [0.1, 0.15) is 5.82 Å². The van der Waals surface area contributed by atoms with Crippen LogP contribution in [0, 0.1) is 0 Å². The average molecular weight is 263 g/mol. The molecule has 0 aliphatic rings. The highest BCUT2D eigenvalue weighted by molar-refractivity contribution is 6.00. The van der Waals surface area contributed by atoms with E-state index in [4.69, 9.17) is 5.73 Å². The van der Waals surface area contributed by atoms with Crippen LogP contribution in [-0.4, -0.2) is 4.98 Å². The summed E-state index contributed by atoms with van der Waals surface area (Å²) >= 11 is 0. The van der Waals surface area contributed by atoms with Crippen LogP contribution in [0.15, 0.2) is 60.8 Å². The Balaban J connectivity index is 1.99. The molecule has 3 nitrogen and oxygen atoms in total. The largest absolute Gasteiger partial charge is 0.398 e. The van der Waals surface area contributed by atoms with Gasteiger partial charge in [-0.1, -0.05) is 42.5 Å². The van der Waals surface area contributed by atoms with Gasteiger partial charge < -0.3 is 11.1 Å².